The second kappa shape index (κ2) is 4.38. The zero-order valence-corrected chi connectivity index (χ0v) is 10.8. The molecule has 1 atom stereocenters. The number of hydrogen-bond acceptors (Lipinski definition) is 2. The topological polar surface area (TPSA) is 43.8 Å². The molecule has 0 amide bonds. The van der Waals surface area contributed by atoms with Gasteiger partial charge in [-0.05, 0) is 18.3 Å². The van der Waals surface area contributed by atoms with Crippen molar-refractivity contribution in [1.82, 2.24) is 9.78 Å². The summed E-state index contributed by atoms with van der Waals surface area (Å²) in [4.78, 5) is 0. The lowest BCUT2D eigenvalue weighted by atomic mass is 9.70. The molecule has 0 aliphatic heterocycles. The lowest BCUT2D eigenvalue weighted by molar-refractivity contribution is 0.165. The molecule has 1 aromatic rings. The summed E-state index contributed by atoms with van der Waals surface area (Å²) in [7, 11) is 1.91. The number of nitrogens with two attached hydrogens (primary N) is 1. The number of aromatic nitrogens is 2. The zero-order valence-electron chi connectivity index (χ0n) is 10.0. The normalized spacial score (nSPS) is 22.0. The van der Waals surface area contributed by atoms with Gasteiger partial charge in [-0.15, -0.1) is 0 Å². The van der Waals surface area contributed by atoms with Crippen LogP contribution in [0.4, 0.5) is 0 Å². The van der Waals surface area contributed by atoms with E-state index >= 15 is 0 Å². The van der Waals surface area contributed by atoms with Gasteiger partial charge in [-0.1, -0.05) is 37.8 Å². The maximum atomic E-state index is 6.40. The molecule has 0 spiro atoms. The Kier molecular flexibility index (Phi) is 3.27. The van der Waals surface area contributed by atoms with Gasteiger partial charge in [-0.3, -0.25) is 4.68 Å². The molecule has 0 radical (unpaired) electrons. The Hall–Kier alpha value is -0.540. The van der Waals surface area contributed by atoms with Crippen LogP contribution in [0.3, 0.4) is 0 Å². The maximum absolute atomic E-state index is 6.40. The van der Waals surface area contributed by atoms with E-state index in [2.05, 4.69) is 12.0 Å². The molecule has 0 saturated heterocycles. The van der Waals surface area contributed by atoms with Crippen LogP contribution in [0.25, 0.3) is 0 Å². The molecular formula is C12H20ClN3. The molecule has 90 valence electrons. The van der Waals surface area contributed by atoms with Gasteiger partial charge in [0.2, 0.25) is 0 Å². The van der Waals surface area contributed by atoms with Crippen molar-refractivity contribution in [3.05, 3.63) is 16.9 Å². The summed E-state index contributed by atoms with van der Waals surface area (Å²) >= 11 is 6.16. The molecule has 1 unspecified atom stereocenters. The summed E-state index contributed by atoms with van der Waals surface area (Å²) in [6, 6.07) is -0.00667. The minimum absolute atomic E-state index is 0.00667. The van der Waals surface area contributed by atoms with Crippen LogP contribution in [0.1, 0.15) is 50.8 Å². The predicted molar refractivity (Wildman–Crippen MR) is 66.3 cm³/mol. The first kappa shape index (κ1) is 11.9. The summed E-state index contributed by atoms with van der Waals surface area (Å²) in [5, 5.41) is 4.86. The molecule has 2 rings (SSSR count). The van der Waals surface area contributed by atoms with Crippen LogP contribution >= 0.6 is 11.6 Å². The Balaban J connectivity index is 2.27. The minimum atomic E-state index is -0.00667. The Morgan fingerprint density at radius 2 is 2.06 bits per heavy atom. The Morgan fingerprint density at radius 3 is 2.56 bits per heavy atom. The fraction of sp³-hybridized carbons (Fsp3) is 0.750. The van der Waals surface area contributed by atoms with Gasteiger partial charge in [-0.2, -0.15) is 5.10 Å². The highest BCUT2D eigenvalue weighted by Crippen LogP contribution is 2.45. The highest BCUT2D eigenvalue weighted by atomic mass is 35.5. The summed E-state index contributed by atoms with van der Waals surface area (Å²) < 4.78 is 1.81. The van der Waals surface area contributed by atoms with Gasteiger partial charge in [0.1, 0.15) is 0 Å². The third-order valence-electron chi connectivity index (χ3n) is 3.98. The number of rotatable bonds is 2. The van der Waals surface area contributed by atoms with Crippen molar-refractivity contribution >= 4 is 11.6 Å². The molecule has 1 fully saturated rings. The van der Waals surface area contributed by atoms with E-state index in [0.29, 0.717) is 5.02 Å². The van der Waals surface area contributed by atoms with Gasteiger partial charge in [0, 0.05) is 7.05 Å². The van der Waals surface area contributed by atoms with Crippen molar-refractivity contribution in [1.29, 1.82) is 0 Å². The first-order valence-electron chi connectivity index (χ1n) is 5.97. The van der Waals surface area contributed by atoms with Crippen LogP contribution in [0.5, 0.6) is 0 Å². The summed E-state index contributed by atoms with van der Waals surface area (Å²) in [5.74, 6) is 0. The molecule has 3 nitrogen and oxygen atoms in total. The van der Waals surface area contributed by atoms with E-state index < -0.39 is 0 Å². The first-order chi connectivity index (χ1) is 7.54. The van der Waals surface area contributed by atoms with Crippen LogP contribution in [-0.2, 0) is 7.05 Å². The van der Waals surface area contributed by atoms with E-state index in [1.807, 2.05) is 11.7 Å². The lowest BCUT2D eigenvalue weighted by Gasteiger charge is -2.38. The molecule has 0 bridgehead atoms. The van der Waals surface area contributed by atoms with Crippen LogP contribution in [0.2, 0.25) is 5.02 Å². The summed E-state index contributed by atoms with van der Waals surface area (Å²) in [5.41, 5.74) is 7.56. The van der Waals surface area contributed by atoms with Gasteiger partial charge in [0.25, 0.3) is 0 Å². The van der Waals surface area contributed by atoms with Crippen molar-refractivity contribution in [2.45, 2.75) is 45.1 Å². The van der Waals surface area contributed by atoms with Crippen molar-refractivity contribution in [3.63, 3.8) is 0 Å². The maximum Gasteiger partial charge on any atom is 0.0834 e. The predicted octanol–water partition coefficient (Wildman–Crippen LogP) is 3.04. The van der Waals surface area contributed by atoms with E-state index in [0.717, 1.165) is 5.69 Å². The van der Waals surface area contributed by atoms with Gasteiger partial charge >= 0.3 is 0 Å². The highest BCUT2D eigenvalue weighted by Gasteiger charge is 2.36. The fourth-order valence-electron chi connectivity index (χ4n) is 2.77. The van der Waals surface area contributed by atoms with Crippen molar-refractivity contribution in [2.24, 2.45) is 18.2 Å². The fourth-order valence-corrected chi connectivity index (χ4v) is 3.05. The van der Waals surface area contributed by atoms with Crippen molar-refractivity contribution in [2.75, 3.05) is 0 Å². The SMILES string of the molecule is Cn1ncc(Cl)c1C(N)C1(C)CCCCC1. The summed E-state index contributed by atoms with van der Waals surface area (Å²) in [6.45, 7) is 2.28. The number of aryl methyl sites for hydroxylation is 1. The van der Waals surface area contributed by atoms with Gasteiger partial charge in [-0.25, -0.2) is 0 Å². The quantitative estimate of drug-likeness (QED) is 0.865. The monoisotopic (exact) mass is 241 g/mol. The largest absolute Gasteiger partial charge is 0.322 e. The molecule has 1 heterocycles. The third-order valence-corrected chi connectivity index (χ3v) is 4.27. The van der Waals surface area contributed by atoms with Gasteiger partial charge in [0.05, 0.1) is 23.0 Å². The van der Waals surface area contributed by atoms with Crippen LogP contribution < -0.4 is 5.73 Å². The highest BCUT2D eigenvalue weighted by molar-refractivity contribution is 6.31. The molecular weight excluding hydrogens is 222 g/mol. The Bertz CT molecular complexity index is 347. The average Bonchev–Trinajstić information content (AvgIpc) is 2.59. The molecule has 1 aliphatic carbocycles. The number of hydrogen-bond donors (Lipinski definition) is 1. The number of nitrogens with zero attached hydrogens (tertiary/aromatic N) is 2. The zero-order chi connectivity index (χ0) is 11.8. The Morgan fingerprint density at radius 1 is 1.44 bits per heavy atom. The van der Waals surface area contributed by atoms with E-state index in [-0.39, 0.29) is 11.5 Å². The second-order valence-corrected chi connectivity index (χ2v) is 5.60. The van der Waals surface area contributed by atoms with Gasteiger partial charge in [0.15, 0.2) is 0 Å². The molecule has 1 aromatic heterocycles. The van der Waals surface area contributed by atoms with Gasteiger partial charge < -0.3 is 5.73 Å². The molecule has 16 heavy (non-hydrogen) atoms. The van der Waals surface area contributed by atoms with E-state index in [1.54, 1.807) is 6.20 Å². The van der Waals surface area contributed by atoms with Crippen LogP contribution in [0.15, 0.2) is 6.20 Å². The lowest BCUT2D eigenvalue weighted by Crippen LogP contribution is -2.35. The van der Waals surface area contributed by atoms with E-state index in [1.165, 1.54) is 32.1 Å². The van der Waals surface area contributed by atoms with Crippen molar-refractivity contribution < 1.29 is 0 Å². The van der Waals surface area contributed by atoms with Crippen LogP contribution in [-0.4, -0.2) is 9.78 Å². The molecule has 2 N–H and O–H groups in total. The average molecular weight is 242 g/mol. The van der Waals surface area contributed by atoms with E-state index in [4.69, 9.17) is 17.3 Å². The minimum Gasteiger partial charge on any atom is -0.322 e. The standard InChI is InChI=1S/C12H20ClN3/c1-12(6-4-3-5-7-12)11(14)10-9(13)8-15-16(10)2/h8,11H,3-7,14H2,1-2H3. The molecule has 4 heteroatoms. The van der Waals surface area contributed by atoms with E-state index in [9.17, 15) is 0 Å². The number of halogens is 1. The third kappa shape index (κ3) is 1.98. The summed E-state index contributed by atoms with van der Waals surface area (Å²) in [6.07, 6.45) is 7.95. The molecule has 1 saturated carbocycles. The molecule has 1 aliphatic rings. The first-order valence-corrected chi connectivity index (χ1v) is 6.35. The second-order valence-electron chi connectivity index (χ2n) is 5.19. The van der Waals surface area contributed by atoms with Crippen LogP contribution in [0, 0.1) is 5.41 Å². The molecule has 0 aromatic carbocycles. The van der Waals surface area contributed by atoms with Crippen molar-refractivity contribution in [3.8, 4) is 0 Å². The Labute approximate surface area is 102 Å². The smallest absolute Gasteiger partial charge is 0.0834 e.